The zero-order valence-corrected chi connectivity index (χ0v) is 12.0. The number of nitrogens with one attached hydrogen (secondary N) is 1. The third-order valence-electron chi connectivity index (χ3n) is 2.54. The molecule has 0 aliphatic carbocycles. The van der Waals surface area contributed by atoms with E-state index in [1.165, 1.54) is 6.21 Å². The lowest BCUT2D eigenvalue weighted by molar-refractivity contribution is 0.340. The molecule has 0 fully saturated rings. The fraction of sp³-hybridized carbons (Fsp3) is 0.231. The maximum Gasteiger partial charge on any atom is 0.296 e. The molecule has 2 rings (SSSR count). The number of benzene rings is 1. The molecule has 2 aromatic rings. The molecule has 20 heavy (non-hydrogen) atoms. The van der Waals surface area contributed by atoms with Crippen molar-refractivity contribution in [3.8, 4) is 5.75 Å². The van der Waals surface area contributed by atoms with Crippen molar-refractivity contribution in [2.45, 2.75) is 13.8 Å². The van der Waals surface area contributed by atoms with E-state index in [-0.39, 0.29) is 10.3 Å². The lowest BCUT2D eigenvalue weighted by Crippen LogP contribution is -2.22. The summed E-state index contributed by atoms with van der Waals surface area (Å²) in [5.41, 5.74) is 0.720. The monoisotopic (exact) mass is 290 g/mol. The van der Waals surface area contributed by atoms with Gasteiger partial charge in [-0.25, -0.2) is 0 Å². The minimum atomic E-state index is -0.348. The number of aryl methyl sites for hydroxylation is 1. The quantitative estimate of drug-likeness (QED) is 0.689. The molecule has 0 radical (unpaired) electrons. The van der Waals surface area contributed by atoms with Crippen LogP contribution in [0, 0.1) is 11.7 Å². The largest absolute Gasteiger partial charge is 0.493 e. The van der Waals surface area contributed by atoms with Gasteiger partial charge in [0, 0.05) is 5.56 Å². The maximum atomic E-state index is 11.9. The van der Waals surface area contributed by atoms with E-state index in [4.69, 9.17) is 17.0 Å². The first-order valence-corrected chi connectivity index (χ1v) is 6.49. The molecular weight excluding hydrogens is 276 g/mol. The van der Waals surface area contributed by atoms with E-state index in [0.717, 1.165) is 10.2 Å². The van der Waals surface area contributed by atoms with Gasteiger partial charge in [0.1, 0.15) is 11.4 Å². The standard InChI is InChI=1S/C13H14N4O2S/c1-3-19-11-7-5-4-6-10(11)8-14-17-12(18)9(2)15-16-13(17)20/h4-8H,3H2,1-2H3,(H,16,20)/b14-8+. The first kappa shape index (κ1) is 14.1. The Morgan fingerprint density at radius 3 is 3.00 bits per heavy atom. The van der Waals surface area contributed by atoms with Crippen LogP contribution in [0.15, 0.2) is 34.2 Å². The summed E-state index contributed by atoms with van der Waals surface area (Å²) in [5, 5.41) is 10.5. The smallest absolute Gasteiger partial charge is 0.296 e. The van der Waals surface area contributed by atoms with E-state index < -0.39 is 0 Å². The molecular formula is C13H14N4O2S. The lowest BCUT2D eigenvalue weighted by Gasteiger charge is -2.06. The van der Waals surface area contributed by atoms with Crippen LogP contribution in [0.1, 0.15) is 18.2 Å². The molecule has 1 heterocycles. The number of para-hydroxylation sites is 1. The summed E-state index contributed by atoms with van der Waals surface area (Å²) in [7, 11) is 0. The highest BCUT2D eigenvalue weighted by molar-refractivity contribution is 7.71. The summed E-state index contributed by atoms with van der Waals surface area (Å²) in [6.45, 7) is 4.05. The molecule has 0 amide bonds. The predicted molar refractivity (Wildman–Crippen MR) is 79.0 cm³/mol. The molecule has 1 aromatic heterocycles. The van der Waals surface area contributed by atoms with Crippen LogP contribution in [0.25, 0.3) is 0 Å². The van der Waals surface area contributed by atoms with Crippen LogP contribution in [0.5, 0.6) is 5.75 Å². The van der Waals surface area contributed by atoms with Crippen molar-refractivity contribution in [1.82, 2.24) is 14.9 Å². The number of aromatic amines is 1. The van der Waals surface area contributed by atoms with Gasteiger partial charge in [-0.3, -0.25) is 9.89 Å². The Labute approximate surface area is 120 Å². The zero-order valence-electron chi connectivity index (χ0n) is 11.2. The Hall–Kier alpha value is -2.28. The number of H-pyrrole nitrogens is 1. The van der Waals surface area contributed by atoms with E-state index >= 15 is 0 Å². The maximum absolute atomic E-state index is 11.9. The van der Waals surface area contributed by atoms with E-state index in [2.05, 4.69) is 15.3 Å². The van der Waals surface area contributed by atoms with Crippen molar-refractivity contribution >= 4 is 18.4 Å². The average Bonchev–Trinajstić information content (AvgIpc) is 2.45. The van der Waals surface area contributed by atoms with Gasteiger partial charge < -0.3 is 4.74 Å². The average molecular weight is 290 g/mol. The van der Waals surface area contributed by atoms with E-state index in [9.17, 15) is 4.79 Å². The van der Waals surface area contributed by atoms with Crippen LogP contribution < -0.4 is 10.3 Å². The van der Waals surface area contributed by atoms with Gasteiger partial charge in [-0.05, 0) is 38.2 Å². The van der Waals surface area contributed by atoms with Gasteiger partial charge in [-0.15, -0.1) is 0 Å². The first-order valence-electron chi connectivity index (χ1n) is 6.08. The number of hydrogen-bond acceptors (Lipinski definition) is 5. The molecule has 0 saturated carbocycles. The summed E-state index contributed by atoms with van der Waals surface area (Å²) in [5.74, 6) is 0.701. The molecule has 0 bridgehead atoms. The van der Waals surface area contributed by atoms with Gasteiger partial charge in [-0.1, -0.05) is 12.1 Å². The highest BCUT2D eigenvalue weighted by Crippen LogP contribution is 2.15. The Morgan fingerprint density at radius 1 is 1.50 bits per heavy atom. The van der Waals surface area contributed by atoms with Gasteiger partial charge in [-0.2, -0.15) is 14.9 Å². The van der Waals surface area contributed by atoms with Crippen molar-refractivity contribution in [2.24, 2.45) is 5.10 Å². The number of ether oxygens (including phenoxy) is 1. The lowest BCUT2D eigenvalue weighted by atomic mass is 10.2. The topological polar surface area (TPSA) is 72.3 Å². The van der Waals surface area contributed by atoms with Crippen LogP contribution in [-0.2, 0) is 0 Å². The fourth-order valence-corrected chi connectivity index (χ4v) is 1.75. The molecule has 1 aromatic carbocycles. The van der Waals surface area contributed by atoms with Crippen LogP contribution in [0.3, 0.4) is 0 Å². The van der Waals surface area contributed by atoms with Gasteiger partial charge in [0.2, 0.25) is 4.77 Å². The van der Waals surface area contributed by atoms with Crippen molar-refractivity contribution < 1.29 is 4.74 Å². The summed E-state index contributed by atoms with van der Waals surface area (Å²) in [6, 6.07) is 7.43. The van der Waals surface area contributed by atoms with Gasteiger partial charge >= 0.3 is 0 Å². The molecule has 0 unspecified atom stereocenters. The minimum absolute atomic E-state index is 0.144. The molecule has 0 aliphatic rings. The molecule has 1 N–H and O–H groups in total. The predicted octanol–water partition coefficient (Wildman–Crippen LogP) is 1.89. The second-order valence-electron chi connectivity index (χ2n) is 3.95. The Morgan fingerprint density at radius 2 is 2.25 bits per heavy atom. The highest BCUT2D eigenvalue weighted by atomic mass is 32.1. The number of aromatic nitrogens is 3. The van der Waals surface area contributed by atoms with Crippen LogP contribution in [0.4, 0.5) is 0 Å². The van der Waals surface area contributed by atoms with E-state index in [1.54, 1.807) is 6.92 Å². The summed E-state index contributed by atoms with van der Waals surface area (Å²) >= 11 is 5.00. The fourth-order valence-electron chi connectivity index (χ4n) is 1.57. The van der Waals surface area contributed by atoms with Crippen molar-refractivity contribution in [1.29, 1.82) is 0 Å². The highest BCUT2D eigenvalue weighted by Gasteiger charge is 2.02. The molecule has 0 aliphatic heterocycles. The van der Waals surface area contributed by atoms with E-state index in [0.29, 0.717) is 18.1 Å². The SMILES string of the molecule is CCOc1ccccc1/C=N/n1c(=S)[nH]nc(C)c1=O. The summed E-state index contributed by atoms with van der Waals surface area (Å²) in [6.07, 6.45) is 1.54. The van der Waals surface area contributed by atoms with Gasteiger partial charge in [0.25, 0.3) is 5.56 Å². The minimum Gasteiger partial charge on any atom is -0.493 e. The number of rotatable bonds is 4. The second-order valence-corrected chi connectivity index (χ2v) is 4.33. The van der Waals surface area contributed by atoms with Crippen LogP contribution >= 0.6 is 12.2 Å². The summed E-state index contributed by atoms with van der Waals surface area (Å²) in [4.78, 5) is 11.9. The third kappa shape index (κ3) is 3.00. The Balaban J connectivity index is 2.43. The molecule has 0 atom stereocenters. The van der Waals surface area contributed by atoms with Gasteiger partial charge in [0.05, 0.1) is 12.8 Å². The normalized spacial score (nSPS) is 10.9. The Kier molecular flexibility index (Phi) is 4.41. The molecule has 104 valence electrons. The van der Waals surface area contributed by atoms with Crippen molar-refractivity contribution in [3.05, 3.63) is 50.6 Å². The number of nitrogens with zero attached hydrogens (tertiary/aromatic N) is 3. The van der Waals surface area contributed by atoms with E-state index in [1.807, 2.05) is 31.2 Å². The van der Waals surface area contributed by atoms with Crippen LogP contribution in [0.2, 0.25) is 0 Å². The third-order valence-corrected chi connectivity index (χ3v) is 2.81. The molecule has 0 saturated heterocycles. The second kappa shape index (κ2) is 6.25. The van der Waals surface area contributed by atoms with Gasteiger partial charge in [0.15, 0.2) is 0 Å². The number of hydrogen-bond donors (Lipinski definition) is 1. The zero-order chi connectivity index (χ0) is 14.5. The van der Waals surface area contributed by atoms with Crippen molar-refractivity contribution in [2.75, 3.05) is 6.61 Å². The summed E-state index contributed by atoms with van der Waals surface area (Å²) < 4.78 is 6.73. The first-order chi connectivity index (χ1) is 9.63. The Bertz CT molecular complexity index is 749. The molecule has 6 nitrogen and oxygen atoms in total. The molecule has 7 heteroatoms. The molecule has 0 spiro atoms. The van der Waals surface area contributed by atoms with Crippen LogP contribution in [-0.4, -0.2) is 27.7 Å². The van der Waals surface area contributed by atoms with Crippen molar-refractivity contribution in [3.63, 3.8) is 0 Å².